The van der Waals surface area contributed by atoms with Crippen molar-refractivity contribution in [3.8, 4) is 0 Å². The van der Waals surface area contributed by atoms with Gasteiger partial charge in [0.2, 0.25) is 0 Å². The normalized spacial score (nSPS) is 23.0. The number of nitrogens with one attached hydrogen (secondary N) is 1. The average molecular weight is 280 g/mol. The molecule has 108 valence electrons. The van der Waals surface area contributed by atoms with E-state index in [9.17, 15) is 0 Å². The third kappa shape index (κ3) is 2.06. The van der Waals surface area contributed by atoms with Crippen molar-refractivity contribution in [3.63, 3.8) is 0 Å². The first-order valence-corrected chi connectivity index (χ1v) is 7.78. The van der Waals surface area contributed by atoms with Crippen LogP contribution in [-0.4, -0.2) is 23.1 Å². The molecule has 0 unspecified atom stereocenters. The van der Waals surface area contributed by atoms with Gasteiger partial charge in [-0.15, -0.1) is 0 Å². The molecule has 1 saturated heterocycles. The molecule has 0 amide bonds. The maximum atomic E-state index is 4.51. The minimum Gasteiger partial charge on any atom is -0.370 e. The van der Waals surface area contributed by atoms with E-state index in [4.69, 9.17) is 0 Å². The zero-order chi connectivity index (χ0) is 14.2. The summed E-state index contributed by atoms with van der Waals surface area (Å²) in [4.78, 5) is 11.3. The maximum absolute atomic E-state index is 4.51. The third-order valence-corrected chi connectivity index (χ3v) is 4.68. The lowest BCUT2D eigenvalue weighted by atomic mass is 9.75. The molecule has 1 fully saturated rings. The molecule has 1 aromatic heterocycles. The molecule has 3 heterocycles. The number of hydrogen-bond donors (Lipinski definition) is 1. The quantitative estimate of drug-likeness (QED) is 0.936. The largest absolute Gasteiger partial charge is 0.370 e. The van der Waals surface area contributed by atoms with Gasteiger partial charge >= 0.3 is 0 Å². The van der Waals surface area contributed by atoms with Gasteiger partial charge in [0.05, 0.1) is 6.04 Å². The Balaban J connectivity index is 1.71. The molecular weight excluding hydrogens is 260 g/mol. The Kier molecular flexibility index (Phi) is 3.02. The summed E-state index contributed by atoms with van der Waals surface area (Å²) in [5.41, 5.74) is 3.04. The van der Waals surface area contributed by atoms with E-state index < -0.39 is 0 Å². The number of piperidine rings is 1. The lowest BCUT2D eigenvalue weighted by molar-refractivity contribution is 0.387. The first-order valence-electron chi connectivity index (χ1n) is 7.78. The van der Waals surface area contributed by atoms with Crippen LogP contribution in [0.4, 0.5) is 11.6 Å². The number of rotatable bonds is 3. The predicted molar refractivity (Wildman–Crippen MR) is 84.7 cm³/mol. The van der Waals surface area contributed by atoms with Gasteiger partial charge in [0.15, 0.2) is 0 Å². The molecule has 4 heteroatoms. The van der Waals surface area contributed by atoms with Crippen LogP contribution < -0.4 is 10.2 Å². The molecule has 0 saturated carbocycles. The van der Waals surface area contributed by atoms with E-state index in [0.29, 0.717) is 12.0 Å². The molecule has 5 rings (SSSR count). The van der Waals surface area contributed by atoms with E-state index in [0.717, 1.165) is 24.7 Å². The van der Waals surface area contributed by atoms with Crippen LogP contribution in [0.15, 0.2) is 36.7 Å². The van der Waals surface area contributed by atoms with Crippen LogP contribution >= 0.6 is 0 Å². The van der Waals surface area contributed by atoms with Gasteiger partial charge in [-0.1, -0.05) is 24.3 Å². The Morgan fingerprint density at radius 3 is 2.90 bits per heavy atom. The highest BCUT2D eigenvalue weighted by molar-refractivity contribution is 5.54. The van der Waals surface area contributed by atoms with Crippen molar-refractivity contribution < 1.29 is 0 Å². The number of anilines is 2. The van der Waals surface area contributed by atoms with Crippen molar-refractivity contribution in [2.75, 3.05) is 23.3 Å². The Morgan fingerprint density at radius 2 is 2.05 bits per heavy atom. The monoisotopic (exact) mass is 280 g/mol. The molecule has 4 nitrogen and oxygen atoms in total. The Labute approximate surface area is 125 Å². The predicted octanol–water partition coefficient (Wildman–Crippen LogP) is 3.35. The molecule has 2 aromatic rings. The highest BCUT2D eigenvalue weighted by Crippen LogP contribution is 2.47. The summed E-state index contributed by atoms with van der Waals surface area (Å²) in [7, 11) is 0. The van der Waals surface area contributed by atoms with Crippen LogP contribution in [0.25, 0.3) is 0 Å². The summed E-state index contributed by atoms with van der Waals surface area (Å²) in [6, 6.07) is 11.4. The summed E-state index contributed by atoms with van der Waals surface area (Å²) in [5, 5.41) is 3.27. The zero-order valence-electron chi connectivity index (χ0n) is 12.3. The molecule has 0 radical (unpaired) electrons. The van der Waals surface area contributed by atoms with Gasteiger partial charge in [0.25, 0.3) is 0 Å². The summed E-state index contributed by atoms with van der Waals surface area (Å²) < 4.78 is 0. The average Bonchev–Trinajstić information content (AvgIpc) is 2.56. The van der Waals surface area contributed by atoms with Crippen LogP contribution in [0.5, 0.6) is 0 Å². The number of aromatic nitrogens is 2. The minimum absolute atomic E-state index is 0.468. The van der Waals surface area contributed by atoms with Crippen molar-refractivity contribution in [3.05, 3.63) is 47.8 Å². The van der Waals surface area contributed by atoms with E-state index in [1.165, 1.54) is 18.4 Å². The van der Waals surface area contributed by atoms with Crippen molar-refractivity contribution in [1.82, 2.24) is 9.97 Å². The summed E-state index contributed by atoms with van der Waals surface area (Å²) in [6.45, 7) is 4.04. The van der Waals surface area contributed by atoms with E-state index in [1.807, 2.05) is 0 Å². The van der Waals surface area contributed by atoms with Crippen molar-refractivity contribution in [2.24, 2.45) is 0 Å². The van der Waals surface area contributed by atoms with Gasteiger partial charge in [-0.05, 0) is 30.9 Å². The highest BCUT2D eigenvalue weighted by atomic mass is 15.2. The van der Waals surface area contributed by atoms with Crippen molar-refractivity contribution >= 4 is 11.6 Å². The molecule has 21 heavy (non-hydrogen) atoms. The fourth-order valence-corrected chi connectivity index (χ4v) is 3.77. The van der Waals surface area contributed by atoms with Gasteiger partial charge in [0.1, 0.15) is 18.0 Å². The molecule has 1 aromatic carbocycles. The molecule has 1 N–H and O–H groups in total. The maximum Gasteiger partial charge on any atom is 0.134 e. The molecule has 2 aliphatic heterocycles. The number of benzene rings is 1. The third-order valence-electron chi connectivity index (χ3n) is 4.68. The summed E-state index contributed by atoms with van der Waals surface area (Å²) in [5.74, 6) is 2.60. The zero-order valence-corrected chi connectivity index (χ0v) is 12.3. The summed E-state index contributed by atoms with van der Waals surface area (Å²) >= 11 is 0. The second kappa shape index (κ2) is 5.02. The molecule has 2 atom stereocenters. The van der Waals surface area contributed by atoms with Gasteiger partial charge in [-0.25, -0.2) is 9.97 Å². The molecule has 1 aliphatic carbocycles. The SMILES string of the molecule is CCNc1cc(N2C[C@H]3CC[C@H]2c2ccccc23)ncn1. The second-order valence-electron chi connectivity index (χ2n) is 5.86. The van der Waals surface area contributed by atoms with E-state index in [-0.39, 0.29) is 0 Å². The minimum atomic E-state index is 0.468. The van der Waals surface area contributed by atoms with Gasteiger partial charge in [-0.3, -0.25) is 0 Å². The lowest BCUT2D eigenvalue weighted by Crippen LogP contribution is -2.42. The van der Waals surface area contributed by atoms with Crippen molar-refractivity contribution in [2.45, 2.75) is 31.7 Å². The summed E-state index contributed by atoms with van der Waals surface area (Å²) in [6.07, 6.45) is 4.19. The smallest absolute Gasteiger partial charge is 0.134 e. The van der Waals surface area contributed by atoms with E-state index >= 15 is 0 Å². The molecular formula is C17H20N4. The van der Waals surface area contributed by atoms with Gasteiger partial charge in [0, 0.05) is 25.1 Å². The van der Waals surface area contributed by atoms with Crippen LogP contribution in [-0.2, 0) is 0 Å². The fourth-order valence-electron chi connectivity index (χ4n) is 3.77. The Bertz CT molecular complexity index is 655. The lowest BCUT2D eigenvalue weighted by Gasteiger charge is -2.47. The first kappa shape index (κ1) is 12.6. The molecule has 3 aliphatic rings. The Morgan fingerprint density at radius 1 is 1.19 bits per heavy atom. The van der Waals surface area contributed by atoms with E-state index in [1.54, 1.807) is 11.9 Å². The molecule has 2 bridgehead atoms. The highest BCUT2D eigenvalue weighted by Gasteiger charge is 2.38. The number of hydrogen-bond acceptors (Lipinski definition) is 4. The van der Waals surface area contributed by atoms with Crippen molar-refractivity contribution in [1.29, 1.82) is 0 Å². The molecule has 0 spiro atoms. The van der Waals surface area contributed by atoms with Crippen LogP contribution in [0.3, 0.4) is 0 Å². The Hall–Kier alpha value is -2.10. The number of fused-ring (bicyclic) bond motifs is 2. The van der Waals surface area contributed by atoms with Crippen LogP contribution in [0.2, 0.25) is 0 Å². The number of nitrogens with zero attached hydrogens (tertiary/aromatic N) is 3. The fraction of sp³-hybridized carbons (Fsp3) is 0.412. The topological polar surface area (TPSA) is 41.0 Å². The van der Waals surface area contributed by atoms with Gasteiger partial charge < -0.3 is 10.2 Å². The first-order chi connectivity index (χ1) is 10.4. The van der Waals surface area contributed by atoms with E-state index in [2.05, 4.69) is 57.4 Å². The van der Waals surface area contributed by atoms with Crippen LogP contribution in [0.1, 0.15) is 42.9 Å². The van der Waals surface area contributed by atoms with Gasteiger partial charge in [-0.2, -0.15) is 0 Å². The second-order valence-corrected chi connectivity index (χ2v) is 5.86. The standard InChI is InChI=1S/C17H20N4/c1-2-18-16-9-17(20-11-19-16)21-10-12-7-8-15(21)14-6-4-3-5-13(12)14/h3-6,9,11-12,15H,2,7-8,10H2,1H3,(H,18,19,20)/t12-,15+/m1/s1. The van der Waals surface area contributed by atoms with Crippen LogP contribution in [0, 0.1) is 0 Å².